The predicted octanol–water partition coefficient (Wildman–Crippen LogP) is 3.67. The molecule has 3 rings (SSSR count). The van der Waals surface area contributed by atoms with Crippen LogP contribution >= 0.6 is 11.3 Å². The highest BCUT2D eigenvalue weighted by atomic mass is 32.1. The van der Waals surface area contributed by atoms with Crippen molar-refractivity contribution < 1.29 is 4.74 Å². The fourth-order valence-electron chi connectivity index (χ4n) is 2.27. The molecule has 0 saturated carbocycles. The molecule has 21 heavy (non-hydrogen) atoms. The molecule has 0 aliphatic carbocycles. The van der Waals surface area contributed by atoms with Crippen molar-refractivity contribution in [2.45, 2.75) is 20.8 Å². The highest BCUT2D eigenvalue weighted by molar-refractivity contribution is 7.18. The summed E-state index contributed by atoms with van der Waals surface area (Å²) in [7, 11) is 0. The van der Waals surface area contributed by atoms with Crippen LogP contribution in [0.4, 0.5) is 0 Å². The molecule has 0 spiro atoms. The molecular formula is C16H16N2O2S. The molecule has 0 saturated heterocycles. The standard InChI is InChI=1S/C16H16N2O2S/c1-4-20-12-7-5-11(6-8-12)14-17-15(19)13-9(2)10(3)21-16(13)18-14/h5-8H,4H2,1-3H3,(H,17,18,19). The fourth-order valence-corrected chi connectivity index (χ4v) is 3.30. The predicted molar refractivity (Wildman–Crippen MR) is 86.3 cm³/mol. The number of thiophene rings is 1. The van der Waals surface area contributed by atoms with Crippen molar-refractivity contribution in [2.75, 3.05) is 6.61 Å². The zero-order valence-electron chi connectivity index (χ0n) is 12.2. The van der Waals surface area contributed by atoms with Gasteiger partial charge in [-0.25, -0.2) is 4.98 Å². The summed E-state index contributed by atoms with van der Waals surface area (Å²) in [5, 5.41) is 0.701. The number of H-pyrrole nitrogens is 1. The minimum atomic E-state index is -0.0780. The lowest BCUT2D eigenvalue weighted by molar-refractivity contribution is 0.340. The number of rotatable bonds is 3. The number of aryl methyl sites for hydroxylation is 2. The average Bonchev–Trinajstić information content (AvgIpc) is 2.75. The first kappa shape index (κ1) is 13.8. The molecule has 1 aromatic carbocycles. The molecule has 3 aromatic rings. The molecule has 0 atom stereocenters. The van der Waals surface area contributed by atoms with Gasteiger partial charge in [-0.1, -0.05) is 0 Å². The molecule has 0 amide bonds. The van der Waals surface area contributed by atoms with E-state index in [9.17, 15) is 4.79 Å². The molecular weight excluding hydrogens is 284 g/mol. The lowest BCUT2D eigenvalue weighted by Gasteiger charge is -2.04. The Bertz CT molecular complexity index is 847. The van der Waals surface area contributed by atoms with Gasteiger partial charge < -0.3 is 9.72 Å². The van der Waals surface area contributed by atoms with Crippen molar-refractivity contribution >= 4 is 21.6 Å². The summed E-state index contributed by atoms with van der Waals surface area (Å²) in [4.78, 5) is 21.6. The van der Waals surface area contributed by atoms with Gasteiger partial charge in [-0.05, 0) is 50.6 Å². The van der Waals surface area contributed by atoms with Crippen LogP contribution in [-0.2, 0) is 0 Å². The largest absolute Gasteiger partial charge is 0.494 e. The van der Waals surface area contributed by atoms with Gasteiger partial charge in [0.2, 0.25) is 0 Å². The van der Waals surface area contributed by atoms with Gasteiger partial charge >= 0.3 is 0 Å². The van der Waals surface area contributed by atoms with Crippen LogP contribution in [0.15, 0.2) is 29.1 Å². The number of ether oxygens (including phenoxy) is 1. The van der Waals surface area contributed by atoms with Crippen molar-refractivity contribution in [3.63, 3.8) is 0 Å². The second-order valence-corrected chi connectivity index (χ2v) is 6.04. The summed E-state index contributed by atoms with van der Waals surface area (Å²) < 4.78 is 5.42. The lowest BCUT2D eigenvalue weighted by atomic mass is 10.2. The molecule has 0 aliphatic heterocycles. The van der Waals surface area contributed by atoms with Gasteiger partial charge in [0.15, 0.2) is 0 Å². The third-order valence-corrected chi connectivity index (χ3v) is 4.58. The summed E-state index contributed by atoms with van der Waals surface area (Å²) in [6.07, 6.45) is 0. The maximum Gasteiger partial charge on any atom is 0.260 e. The van der Waals surface area contributed by atoms with Crippen LogP contribution in [0.5, 0.6) is 5.75 Å². The number of nitrogens with one attached hydrogen (secondary N) is 1. The fraction of sp³-hybridized carbons (Fsp3) is 0.250. The summed E-state index contributed by atoms with van der Waals surface area (Å²) in [6.45, 7) is 6.55. The van der Waals surface area contributed by atoms with E-state index < -0.39 is 0 Å². The number of hydrogen-bond donors (Lipinski definition) is 1. The number of hydrogen-bond acceptors (Lipinski definition) is 4. The smallest absolute Gasteiger partial charge is 0.260 e. The summed E-state index contributed by atoms with van der Waals surface area (Å²) >= 11 is 1.56. The van der Waals surface area contributed by atoms with E-state index in [2.05, 4.69) is 9.97 Å². The number of nitrogens with zero attached hydrogens (tertiary/aromatic N) is 1. The molecule has 0 bridgehead atoms. The molecule has 0 radical (unpaired) electrons. The van der Waals surface area contributed by atoms with Crippen LogP contribution in [0.1, 0.15) is 17.4 Å². The van der Waals surface area contributed by atoms with Gasteiger partial charge in [0.05, 0.1) is 12.0 Å². The molecule has 2 heterocycles. The number of aromatic amines is 1. The molecule has 0 unspecified atom stereocenters. The molecule has 108 valence electrons. The van der Waals surface area contributed by atoms with Crippen LogP contribution < -0.4 is 10.3 Å². The molecule has 0 aliphatic rings. The Morgan fingerprint density at radius 3 is 2.62 bits per heavy atom. The SMILES string of the molecule is CCOc1ccc(-c2nc3sc(C)c(C)c3c(=O)[nH]2)cc1. The molecule has 1 N–H and O–H groups in total. The summed E-state index contributed by atoms with van der Waals surface area (Å²) in [5.74, 6) is 1.41. The Morgan fingerprint density at radius 1 is 1.24 bits per heavy atom. The first-order valence-corrected chi connectivity index (χ1v) is 7.65. The van der Waals surface area contributed by atoms with E-state index in [1.54, 1.807) is 11.3 Å². The molecule has 5 heteroatoms. The van der Waals surface area contributed by atoms with Crippen molar-refractivity contribution in [1.29, 1.82) is 0 Å². The van der Waals surface area contributed by atoms with Crippen molar-refractivity contribution in [2.24, 2.45) is 0 Å². The van der Waals surface area contributed by atoms with Crippen LogP contribution in [0.2, 0.25) is 0 Å². The third kappa shape index (κ3) is 2.45. The topological polar surface area (TPSA) is 55.0 Å². The van der Waals surface area contributed by atoms with E-state index in [1.165, 1.54) is 0 Å². The van der Waals surface area contributed by atoms with Crippen LogP contribution in [0, 0.1) is 13.8 Å². The lowest BCUT2D eigenvalue weighted by Crippen LogP contribution is -2.09. The number of fused-ring (bicyclic) bond motifs is 1. The van der Waals surface area contributed by atoms with Gasteiger partial charge in [-0.2, -0.15) is 0 Å². The van der Waals surface area contributed by atoms with E-state index in [0.29, 0.717) is 17.8 Å². The maximum absolute atomic E-state index is 12.3. The Balaban J connectivity index is 2.10. The van der Waals surface area contributed by atoms with E-state index in [-0.39, 0.29) is 5.56 Å². The van der Waals surface area contributed by atoms with Gasteiger partial charge in [0.1, 0.15) is 16.4 Å². The summed E-state index contributed by atoms with van der Waals surface area (Å²) in [6, 6.07) is 7.58. The minimum Gasteiger partial charge on any atom is -0.494 e. The van der Waals surface area contributed by atoms with Gasteiger partial charge in [-0.3, -0.25) is 4.79 Å². The normalized spacial score (nSPS) is 11.0. The monoisotopic (exact) mass is 300 g/mol. The number of benzene rings is 1. The van der Waals surface area contributed by atoms with E-state index in [0.717, 1.165) is 26.6 Å². The van der Waals surface area contributed by atoms with E-state index in [1.807, 2.05) is 45.0 Å². The maximum atomic E-state index is 12.3. The van der Waals surface area contributed by atoms with Gasteiger partial charge in [0, 0.05) is 10.4 Å². The third-order valence-electron chi connectivity index (χ3n) is 3.48. The first-order chi connectivity index (χ1) is 10.1. The van der Waals surface area contributed by atoms with Gasteiger partial charge in [-0.15, -0.1) is 11.3 Å². The Labute approximate surface area is 126 Å². The average molecular weight is 300 g/mol. The van der Waals surface area contributed by atoms with Crippen LogP contribution in [0.25, 0.3) is 21.6 Å². The molecule has 0 fully saturated rings. The van der Waals surface area contributed by atoms with Crippen molar-refractivity contribution in [3.05, 3.63) is 45.1 Å². The quantitative estimate of drug-likeness (QED) is 0.803. The Morgan fingerprint density at radius 2 is 1.95 bits per heavy atom. The van der Waals surface area contributed by atoms with Crippen LogP contribution in [-0.4, -0.2) is 16.6 Å². The van der Waals surface area contributed by atoms with Crippen LogP contribution in [0.3, 0.4) is 0 Å². The zero-order valence-corrected chi connectivity index (χ0v) is 13.0. The Kier molecular flexibility index (Phi) is 3.51. The Hall–Kier alpha value is -2.14. The van der Waals surface area contributed by atoms with Gasteiger partial charge in [0.25, 0.3) is 5.56 Å². The second kappa shape index (κ2) is 5.33. The number of aromatic nitrogens is 2. The molecule has 4 nitrogen and oxygen atoms in total. The first-order valence-electron chi connectivity index (χ1n) is 6.83. The summed E-state index contributed by atoms with van der Waals surface area (Å²) in [5.41, 5.74) is 1.81. The van der Waals surface area contributed by atoms with Crippen molar-refractivity contribution in [1.82, 2.24) is 9.97 Å². The van der Waals surface area contributed by atoms with E-state index in [4.69, 9.17) is 4.74 Å². The zero-order chi connectivity index (χ0) is 15.0. The van der Waals surface area contributed by atoms with E-state index >= 15 is 0 Å². The minimum absolute atomic E-state index is 0.0780. The highest BCUT2D eigenvalue weighted by Gasteiger charge is 2.12. The highest BCUT2D eigenvalue weighted by Crippen LogP contribution is 2.27. The second-order valence-electron chi connectivity index (χ2n) is 4.84. The molecule has 2 aromatic heterocycles. The van der Waals surface area contributed by atoms with Crippen molar-refractivity contribution in [3.8, 4) is 17.1 Å².